The van der Waals surface area contributed by atoms with Crippen LogP contribution >= 0.6 is 11.3 Å². The number of hydrogen-bond acceptors (Lipinski definition) is 5. The summed E-state index contributed by atoms with van der Waals surface area (Å²) in [5.41, 5.74) is 4.39. The lowest BCUT2D eigenvalue weighted by Crippen LogP contribution is -2.30. The number of thiazole rings is 1. The van der Waals surface area contributed by atoms with Crippen molar-refractivity contribution in [3.63, 3.8) is 0 Å². The van der Waals surface area contributed by atoms with E-state index in [4.69, 9.17) is 4.98 Å². The van der Waals surface area contributed by atoms with E-state index in [1.807, 2.05) is 72.8 Å². The van der Waals surface area contributed by atoms with Crippen molar-refractivity contribution in [2.45, 2.75) is 6.54 Å². The van der Waals surface area contributed by atoms with Gasteiger partial charge in [0, 0.05) is 23.3 Å². The summed E-state index contributed by atoms with van der Waals surface area (Å²) in [7, 11) is 0. The number of benzene rings is 3. The Morgan fingerprint density at radius 3 is 2.53 bits per heavy atom. The van der Waals surface area contributed by atoms with Crippen LogP contribution in [0.5, 0.6) is 0 Å². The summed E-state index contributed by atoms with van der Waals surface area (Å²) in [5, 5.41) is 1.25. The summed E-state index contributed by atoms with van der Waals surface area (Å²) < 4.78 is 14.6. The van der Waals surface area contributed by atoms with Crippen LogP contribution in [0.1, 0.15) is 15.9 Å². The van der Waals surface area contributed by atoms with Gasteiger partial charge in [0.15, 0.2) is 5.13 Å². The molecule has 6 aromatic rings. The Kier molecular flexibility index (Phi) is 5.67. The van der Waals surface area contributed by atoms with Crippen molar-refractivity contribution in [1.29, 1.82) is 0 Å². The third kappa shape index (κ3) is 4.21. The topological polar surface area (TPSA) is 59.0 Å². The van der Waals surface area contributed by atoms with Gasteiger partial charge in [0.1, 0.15) is 5.82 Å². The van der Waals surface area contributed by atoms with Crippen LogP contribution in [-0.2, 0) is 6.54 Å². The molecule has 6 rings (SSSR count). The second-order valence-electron chi connectivity index (χ2n) is 8.30. The lowest BCUT2D eigenvalue weighted by molar-refractivity contribution is 0.0986. The summed E-state index contributed by atoms with van der Waals surface area (Å²) in [4.78, 5) is 29.6. The first kappa shape index (κ1) is 22.0. The van der Waals surface area contributed by atoms with Crippen molar-refractivity contribution >= 4 is 43.5 Å². The van der Waals surface area contributed by atoms with Crippen LogP contribution in [-0.4, -0.2) is 20.9 Å². The third-order valence-electron chi connectivity index (χ3n) is 5.89. The van der Waals surface area contributed by atoms with Gasteiger partial charge in [-0.2, -0.15) is 0 Å². The Bertz CT molecular complexity index is 1700. The number of aromatic nitrogens is 3. The molecule has 3 heterocycles. The summed E-state index contributed by atoms with van der Waals surface area (Å²) >= 11 is 1.29. The maximum absolute atomic E-state index is 14.3. The Hall–Kier alpha value is -4.49. The quantitative estimate of drug-likeness (QED) is 0.264. The van der Waals surface area contributed by atoms with E-state index in [0.717, 1.165) is 22.0 Å². The number of anilines is 1. The largest absolute Gasteiger partial charge is 0.279 e. The molecular weight excluding hydrogens is 471 g/mol. The Labute approximate surface area is 210 Å². The minimum atomic E-state index is -0.338. The molecule has 3 aromatic carbocycles. The number of amides is 1. The van der Waals surface area contributed by atoms with Crippen molar-refractivity contribution in [1.82, 2.24) is 15.0 Å². The van der Waals surface area contributed by atoms with Crippen molar-refractivity contribution in [3.8, 4) is 11.3 Å². The van der Waals surface area contributed by atoms with E-state index in [1.165, 1.54) is 23.5 Å². The number of rotatable bonds is 5. The molecule has 0 saturated carbocycles. The number of carbonyl (C=O) groups is 1. The predicted molar refractivity (Wildman–Crippen MR) is 142 cm³/mol. The van der Waals surface area contributed by atoms with E-state index >= 15 is 0 Å². The van der Waals surface area contributed by atoms with Crippen molar-refractivity contribution in [3.05, 3.63) is 120 Å². The lowest BCUT2D eigenvalue weighted by Gasteiger charge is -2.21. The van der Waals surface area contributed by atoms with Gasteiger partial charge in [0.05, 0.1) is 33.5 Å². The minimum Gasteiger partial charge on any atom is -0.279 e. The summed E-state index contributed by atoms with van der Waals surface area (Å²) in [5.74, 6) is -0.551. The number of halogens is 1. The first-order valence-corrected chi connectivity index (χ1v) is 12.2. The normalized spacial score (nSPS) is 11.1. The van der Waals surface area contributed by atoms with E-state index in [9.17, 15) is 9.18 Å². The van der Waals surface area contributed by atoms with Gasteiger partial charge < -0.3 is 0 Å². The molecule has 1 amide bonds. The van der Waals surface area contributed by atoms with Crippen LogP contribution in [0.25, 0.3) is 32.4 Å². The van der Waals surface area contributed by atoms with Gasteiger partial charge in [-0.25, -0.2) is 14.4 Å². The standard InChI is InChI=1S/C29H19FN4OS/c30-21-12-13-25-27(15-21)36-29(33-25)34(18-19-7-6-14-31-17-19)28(35)23-16-26(20-8-2-1-3-9-20)32-24-11-5-4-10-22(23)24/h1-17H,18H2. The molecule has 0 N–H and O–H groups in total. The highest BCUT2D eigenvalue weighted by Crippen LogP contribution is 2.33. The molecule has 7 heteroatoms. The molecule has 0 saturated heterocycles. The molecule has 0 spiro atoms. The molecule has 3 aromatic heterocycles. The molecule has 174 valence electrons. The molecule has 36 heavy (non-hydrogen) atoms. The molecule has 0 atom stereocenters. The first-order chi connectivity index (χ1) is 17.7. The van der Waals surface area contributed by atoms with Crippen molar-refractivity contribution in [2.75, 3.05) is 4.90 Å². The van der Waals surface area contributed by atoms with Crippen molar-refractivity contribution in [2.24, 2.45) is 0 Å². The SMILES string of the molecule is O=C(c1cc(-c2ccccc2)nc2ccccc12)N(Cc1cccnc1)c1nc2ccc(F)cc2s1. The van der Waals surface area contributed by atoms with E-state index in [0.29, 0.717) is 26.6 Å². The Balaban J connectivity index is 1.52. The average molecular weight is 491 g/mol. The van der Waals surface area contributed by atoms with Gasteiger partial charge in [-0.3, -0.25) is 14.7 Å². The zero-order valence-corrected chi connectivity index (χ0v) is 19.8. The summed E-state index contributed by atoms with van der Waals surface area (Å²) in [6.07, 6.45) is 3.42. The number of hydrogen-bond donors (Lipinski definition) is 0. The molecule has 0 unspecified atom stereocenters. The summed E-state index contributed by atoms with van der Waals surface area (Å²) in [6, 6.07) is 27.4. The van der Waals surface area contributed by atoms with E-state index in [2.05, 4.69) is 9.97 Å². The maximum atomic E-state index is 14.3. The number of carbonyl (C=O) groups excluding carboxylic acids is 1. The molecular formula is C29H19FN4OS. The third-order valence-corrected chi connectivity index (χ3v) is 6.94. The van der Waals surface area contributed by atoms with E-state index in [-0.39, 0.29) is 18.3 Å². The second-order valence-corrected chi connectivity index (χ2v) is 9.31. The fourth-order valence-electron chi connectivity index (χ4n) is 4.16. The van der Waals surface area contributed by atoms with Gasteiger partial charge in [-0.15, -0.1) is 0 Å². The maximum Gasteiger partial charge on any atom is 0.261 e. The smallest absolute Gasteiger partial charge is 0.261 e. The highest BCUT2D eigenvalue weighted by Gasteiger charge is 2.25. The molecule has 0 aliphatic heterocycles. The number of para-hydroxylation sites is 1. The number of nitrogens with zero attached hydrogens (tertiary/aromatic N) is 4. The van der Waals surface area contributed by atoms with Gasteiger partial charge >= 0.3 is 0 Å². The highest BCUT2D eigenvalue weighted by molar-refractivity contribution is 7.22. The zero-order valence-electron chi connectivity index (χ0n) is 19.0. The highest BCUT2D eigenvalue weighted by atomic mass is 32.1. The Morgan fingerprint density at radius 1 is 0.861 bits per heavy atom. The minimum absolute atomic E-state index is 0.214. The lowest BCUT2D eigenvalue weighted by atomic mass is 10.0. The van der Waals surface area contributed by atoms with Crippen LogP contribution in [0.3, 0.4) is 0 Å². The van der Waals surface area contributed by atoms with Gasteiger partial charge in [-0.05, 0) is 42.0 Å². The molecule has 0 aliphatic rings. The van der Waals surface area contributed by atoms with Crippen LogP contribution in [0.2, 0.25) is 0 Å². The average Bonchev–Trinajstić information content (AvgIpc) is 3.34. The van der Waals surface area contributed by atoms with Gasteiger partial charge in [-0.1, -0.05) is 65.9 Å². The van der Waals surface area contributed by atoms with E-state index < -0.39 is 0 Å². The van der Waals surface area contributed by atoms with Crippen LogP contribution < -0.4 is 4.90 Å². The monoisotopic (exact) mass is 490 g/mol. The van der Waals surface area contributed by atoms with Gasteiger partial charge in [0.2, 0.25) is 0 Å². The molecule has 0 bridgehead atoms. The molecule has 0 aliphatic carbocycles. The predicted octanol–water partition coefficient (Wildman–Crippen LogP) is 6.89. The fourth-order valence-corrected chi connectivity index (χ4v) is 5.14. The zero-order chi connectivity index (χ0) is 24.5. The van der Waals surface area contributed by atoms with Crippen LogP contribution in [0.15, 0.2) is 103 Å². The van der Waals surface area contributed by atoms with E-state index in [1.54, 1.807) is 23.4 Å². The van der Waals surface area contributed by atoms with Gasteiger partial charge in [0.25, 0.3) is 5.91 Å². The van der Waals surface area contributed by atoms with Crippen molar-refractivity contribution < 1.29 is 9.18 Å². The molecule has 5 nitrogen and oxygen atoms in total. The first-order valence-electron chi connectivity index (χ1n) is 11.4. The Morgan fingerprint density at radius 2 is 1.69 bits per heavy atom. The fraction of sp³-hybridized carbons (Fsp3) is 0.0345. The van der Waals surface area contributed by atoms with Crippen LogP contribution in [0.4, 0.5) is 9.52 Å². The number of pyridine rings is 2. The second kappa shape index (κ2) is 9.28. The number of fused-ring (bicyclic) bond motifs is 2. The molecule has 0 fully saturated rings. The molecule has 0 radical (unpaired) electrons. The summed E-state index contributed by atoms with van der Waals surface area (Å²) in [6.45, 7) is 0.270. The van der Waals surface area contributed by atoms with Crippen LogP contribution in [0, 0.1) is 5.82 Å².